The van der Waals surface area contributed by atoms with Gasteiger partial charge in [-0.3, -0.25) is 0 Å². The quantitative estimate of drug-likeness (QED) is 0.517. The Morgan fingerprint density at radius 2 is 1.42 bits per heavy atom. The monoisotopic (exact) mass is 352 g/mol. The lowest BCUT2D eigenvalue weighted by molar-refractivity contribution is 0.0590. The summed E-state index contributed by atoms with van der Waals surface area (Å²) < 4.78 is 18.5. The van der Waals surface area contributed by atoms with Crippen molar-refractivity contribution < 1.29 is 13.3 Å². The fraction of sp³-hybridized carbons (Fsp3) is 0.800. The van der Waals surface area contributed by atoms with E-state index >= 15 is 0 Å². The summed E-state index contributed by atoms with van der Waals surface area (Å²) in [5, 5.41) is 0. The molecule has 0 bridgehead atoms. The molecule has 138 valence electrons. The number of rotatable bonds is 8. The SMILES string of the molecule is CCO[Si](OCC)(OCC)[C@@H]1CCC=C(C2=CCCCCC2)CC1. The van der Waals surface area contributed by atoms with Gasteiger partial charge in [-0.05, 0) is 83.3 Å². The zero-order valence-corrected chi connectivity index (χ0v) is 16.9. The fourth-order valence-corrected chi connectivity index (χ4v) is 7.25. The summed E-state index contributed by atoms with van der Waals surface area (Å²) in [6.07, 6.45) is 16.1. The van der Waals surface area contributed by atoms with Crippen molar-refractivity contribution in [3.63, 3.8) is 0 Å². The van der Waals surface area contributed by atoms with Gasteiger partial charge in [0.15, 0.2) is 0 Å². The third-order valence-electron chi connectivity index (χ3n) is 5.16. The molecule has 24 heavy (non-hydrogen) atoms. The molecule has 2 aliphatic carbocycles. The Balaban J connectivity index is 2.07. The predicted octanol–water partition coefficient (Wildman–Crippen LogP) is 5.80. The molecule has 0 unspecified atom stereocenters. The van der Waals surface area contributed by atoms with Gasteiger partial charge in [-0.2, -0.15) is 0 Å². The third kappa shape index (κ3) is 5.28. The largest absolute Gasteiger partial charge is 0.504 e. The molecule has 0 radical (unpaired) electrons. The number of allylic oxidation sites excluding steroid dienone is 4. The third-order valence-corrected chi connectivity index (χ3v) is 8.81. The van der Waals surface area contributed by atoms with Crippen LogP contribution in [0.25, 0.3) is 0 Å². The van der Waals surface area contributed by atoms with Gasteiger partial charge in [-0.25, -0.2) is 0 Å². The van der Waals surface area contributed by atoms with Gasteiger partial charge in [0.25, 0.3) is 0 Å². The van der Waals surface area contributed by atoms with Crippen LogP contribution < -0.4 is 0 Å². The molecule has 0 aromatic rings. The van der Waals surface area contributed by atoms with E-state index in [1.165, 1.54) is 32.1 Å². The van der Waals surface area contributed by atoms with E-state index in [0.29, 0.717) is 25.4 Å². The van der Waals surface area contributed by atoms with E-state index in [1.807, 2.05) is 0 Å². The van der Waals surface area contributed by atoms with E-state index < -0.39 is 8.80 Å². The summed E-state index contributed by atoms with van der Waals surface area (Å²) in [5.74, 6) is 0. The maximum atomic E-state index is 6.16. The summed E-state index contributed by atoms with van der Waals surface area (Å²) in [6, 6.07) is 0. The first kappa shape index (κ1) is 19.9. The minimum Gasteiger partial charge on any atom is -0.374 e. The van der Waals surface area contributed by atoms with Crippen molar-refractivity contribution >= 4 is 8.80 Å². The first-order valence-electron chi connectivity index (χ1n) is 10.1. The van der Waals surface area contributed by atoms with Crippen LogP contribution in [0.15, 0.2) is 23.3 Å². The van der Waals surface area contributed by atoms with Gasteiger partial charge in [0.05, 0.1) is 0 Å². The van der Waals surface area contributed by atoms with Crippen LogP contribution in [0, 0.1) is 0 Å². The Morgan fingerprint density at radius 1 is 0.792 bits per heavy atom. The van der Waals surface area contributed by atoms with Crippen molar-refractivity contribution in [2.45, 2.75) is 84.1 Å². The molecule has 4 heteroatoms. The van der Waals surface area contributed by atoms with Crippen LogP contribution in [0.2, 0.25) is 5.54 Å². The first-order chi connectivity index (χ1) is 11.8. The van der Waals surface area contributed by atoms with Crippen molar-refractivity contribution in [1.29, 1.82) is 0 Å². The standard InChI is InChI=1S/C20H36O3Si/c1-4-21-24(22-5-2,23-6-3)20-15-11-14-19(16-17-20)18-12-9-7-8-10-13-18/h12,14,20H,4-11,13,15-17H2,1-3H3/t20-/m1/s1. The summed E-state index contributed by atoms with van der Waals surface area (Å²) in [5.41, 5.74) is 3.63. The molecule has 0 spiro atoms. The van der Waals surface area contributed by atoms with Gasteiger partial charge in [-0.15, -0.1) is 0 Å². The maximum absolute atomic E-state index is 6.16. The van der Waals surface area contributed by atoms with Crippen molar-refractivity contribution in [2.75, 3.05) is 19.8 Å². The molecule has 0 fully saturated rings. The van der Waals surface area contributed by atoms with Gasteiger partial charge in [0.1, 0.15) is 0 Å². The predicted molar refractivity (Wildman–Crippen MR) is 102 cm³/mol. The van der Waals surface area contributed by atoms with Crippen molar-refractivity contribution in [3.8, 4) is 0 Å². The first-order valence-corrected chi connectivity index (χ1v) is 11.9. The van der Waals surface area contributed by atoms with Gasteiger partial charge in [-0.1, -0.05) is 18.6 Å². The van der Waals surface area contributed by atoms with Crippen LogP contribution in [0.5, 0.6) is 0 Å². The average Bonchev–Trinajstić information content (AvgIpc) is 2.98. The lowest BCUT2D eigenvalue weighted by Crippen LogP contribution is -2.50. The van der Waals surface area contributed by atoms with Gasteiger partial charge in [0.2, 0.25) is 0 Å². The highest BCUT2D eigenvalue weighted by Crippen LogP contribution is 2.40. The van der Waals surface area contributed by atoms with E-state index in [2.05, 4.69) is 32.9 Å². The molecular weight excluding hydrogens is 316 g/mol. The van der Waals surface area contributed by atoms with Crippen LogP contribution in [0.1, 0.15) is 78.6 Å². The Bertz CT molecular complexity index is 414. The van der Waals surface area contributed by atoms with Crippen LogP contribution in [0.4, 0.5) is 0 Å². The highest BCUT2D eigenvalue weighted by molar-refractivity contribution is 6.62. The summed E-state index contributed by atoms with van der Waals surface area (Å²) in [4.78, 5) is 0. The lowest BCUT2D eigenvalue weighted by atomic mass is 9.97. The van der Waals surface area contributed by atoms with Crippen LogP contribution in [0.3, 0.4) is 0 Å². The highest BCUT2D eigenvalue weighted by Gasteiger charge is 2.48. The van der Waals surface area contributed by atoms with E-state index in [4.69, 9.17) is 13.3 Å². The molecule has 0 saturated heterocycles. The number of hydrogen-bond acceptors (Lipinski definition) is 3. The molecule has 0 saturated carbocycles. The molecule has 0 aromatic heterocycles. The molecule has 2 rings (SSSR count). The smallest absolute Gasteiger partial charge is 0.374 e. The zero-order chi connectivity index (χ0) is 17.3. The van der Waals surface area contributed by atoms with Crippen molar-refractivity contribution in [2.24, 2.45) is 0 Å². The van der Waals surface area contributed by atoms with Crippen molar-refractivity contribution in [3.05, 3.63) is 23.3 Å². The topological polar surface area (TPSA) is 27.7 Å². The molecule has 2 aliphatic rings. The van der Waals surface area contributed by atoms with Crippen molar-refractivity contribution in [1.82, 2.24) is 0 Å². The Kier molecular flexibility index (Phi) is 8.74. The van der Waals surface area contributed by atoms with Gasteiger partial charge >= 0.3 is 8.80 Å². The van der Waals surface area contributed by atoms with Gasteiger partial charge in [0, 0.05) is 25.4 Å². The normalized spacial score (nSPS) is 23.2. The second-order valence-corrected chi connectivity index (χ2v) is 9.66. The van der Waals surface area contributed by atoms with E-state index in [-0.39, 0.29) is 0 Å². The maximum Gasteiger partial charge on any atom is 0.504 e. The molecule has 1 atom stereocenters. The lowest BCUT2D eigenvalue weighted by Gasteiger charge is -2.35. The summed E-state index contributed by atoms with van der Waals surface area (Å²) in [6.45, 7) is 8.18. The van der Waals surface area contributed by atoms with E-state index in [9.17, 15) is 0 Å². The second kappa shape index (κ2) is 10.5. The molecular formula is C20H36O3Si. The van der Waals surface area contributed by atoms with Gasteiger partial charge < -0.3 is 13.3 Å². The molecule has 0 heterocycles. The van der Waals surface area contributed by atoms with Crippen LogP contribution >= 0.6 is 0 Å². The fourth-order valence-electron chi connectivity index (χ4n) is 4.07. The highest BCUT2D eigenvalue weighted by atomic mass is 28.4. The minimum atomic E-state index is -2.57. The minimum absolute atomic E-state index is 0.428. The number of hydrogen-bond donors (Lipinski definition) is 0. The molecule has 0 aliphatic heterocycles. The second-order valence-electron chi connectivity index (χ2n) is 6.77. The molecule has 3 nitrogen and oxygen atoms in total. The molecule has 0 amide bonds. The average molecular weight is 353 g/mol. The Labute approximate surface area is 149 Å². The summed E-state index contributed by atoms with van der Waals surface area (Å²) in [7, 11) is -2.57. The zero-order valence-electron chi connectivity index (χ0n) is 15.9. The summed E-state index contributed by atoms with van der Waals surface area (Å²) >= 11 is 0. The molecule has 0 N–H and O–H groups in total. The van der Waals surface area contributed by atoms with Crippen LogP contribution in [-0.4, -0.2) is 28.6 Å². The van der Waals surface area contributed by atoms with Crippen LogP contribution in [-0.2, 0) is 13.3 Å². The van der Waals surface area contributed by atoms with E-state index in [1.54, 1.807) is 11.1 Å². The Morgan fingerprint density at radius 3 is 2.08 bits per heavy atom. The Hall–Kier alpha value is -0.423. The molecule has 0 aromatic carbocycles. The van der Waals surface area contributed by atoms with E-state index in [0.717, 1.165) is 25.7 Å².